The second-order valence-electron chi connectivity index (χ2n) is 6.52. The molecule has 0 radical (unpaired) electrons. The predicted molar refractivity (Wildman–Crippen MR) is 120 cm³/mol. The fourth-order valence-corrected chi connectivity index (χ4v) is 4.19. The molecule has 150 valence electrons. The zero-order valence-electron chi connectivity index (χ0n) is 15.6. The molecule has 0 spiro atoms. The maximum absolute atomic E-state index is 13.2. The highest BCUT2D eigenvalue weighted by Gasteiger charge is 2.31. The first-order valence-corrected chi connectivity index (χ1v) is 10.5. The molecule has 1 saturated heterocycles. The van der Waals surface area contributed by atoms with Crippen molar-refractivity contribution < 1.29 is 14.0 Å². The minimum absolute atomic E-state index is 0.0549. The molecule has 0 aromatic heterocycles. The molecule has 1 fully saturated rings. The molecule has 1 aliphatic heterocycles. The summed E-state index contributed by atoms with van der Waals surface area (Å²) in [6.07, 6.45) is 2.47. The molecule has 2 aromatic carbocycles. The van der Waals surface area contributed by atoms with Crippen LogP contribution in [0.25, 0.3) is 6.08 Å². The minimum atomic E-state index is -0.544. The van der Waals surface area contributed by atoms with Gasteiger partial charge in [0.15, 0.2) is 0 Å². The number of thiocarbonyl (C=S) groups is 1. The van der Waals surface area contributed by atoms with Gasteiger partial charge in [0.05, 0.1) is 9.93 Å². The average Bonchev–Trinajstić information content (AvgIpc) is 2.94. The highest BCUT2D eigenvalue weighted by Crippen LogP contribution is 2.32. The molecule has 1 aliphatic rings. The van der Waals surface area contributed by atoms with Crippen LogP contribution in [-0.2, 0) is 9.59 Å². The lowest BCUT2D eigenvalue weighted by atomic mass is 10.1. The Morgan fingerprint density at radius 2 is 2.00 bits per heavy atom. The Kier molecular flexibility index (Phi) is 7.05. The van der Waals surface area contributed by atoms with E-state index in [4.69, 9.17) is 23.8 Å². The van der Waals surface area contributed by atoms with E-state index in [0.717, 1.165) is 11.1 Å². The van der Waals surface area contributed by atoms with E-state index in [1.165, 1.54) is 34.9 Å². The van der Waals surface area contributed by atoms with E-state index < -0.39 is 5.82 Å². The van der Waals surface area contributed by atoms with Gasteiger partial charge in [0.1, 0.15) is 10.1 Å². The van der Waals surface area contributed by atoms with E-state index in [2.05, 4.69) is 5.32 Å². The van der Waals surface area contributed by atoms with E-state index in [1.54, 1.807) is 0 Å². The lowest BCUT2D eigenvalue weighted by Crippen LogP contribution is -2.29. The number of benzene rings is 2. The Labute approximate surface area is 183 Å². The first-order valence-electron chi connectivity index (χ1n) is 8.90. The summed E-state index contributed by atoms with van der Waals surface area (Å²) in [5.74, 6) is -0.933. The number of aryl methyl sites for hydroxylation is 1. The highest BCUT2D eigenvalue weighted by atomic mass is 35.5. The number of amides is 2. The van der Waals surface area contributed by atoms with Crippen molar-refractivity contribution in [2.24, 2.45) is 0 Å². The lowest BCUT2D eigenvalue weighted by molar-refractivity contribution is -0.122. The number of rotatable bonds is 6. The Morgan fingerprint density at radius 3 is 2.69 bits per heavy atom. The van der Waals surface area contributed by atoms with Gasteiger partial charge in [-0.25, -0.2) is 4.39 Å². The molecule has 0 saturated carbocycles. The van der Waals surface area contributed by atoms with Gasteiger partial charge in [0.25, 0.3) is 5.91 Å². The third-order valence-corrected chi connectivity index (χ3v) is 5.91. The standard InChI is InChI=1S/C21H18ClFN2O2S2/c1-13-4-6-14(7-5-13)11-18-20(27)25(21(28)29-18)10-2-3-19(26)24-15-8-9-17(23)16(22)12-15/h4-9,11-12H,2-3,10H2,1H3,(H,24,26)/b18-11+. The van der Waals surface area contributed by atoms with Crippen LogP contribution in [0.3, 0.4) is 0 Å². The summed E-state index contributed by atoms with van der Waals surface area (Å²) in [6.45, 7) is 2.36. The van der Waals surface area contributed by atoms with Gasteiger partial charge in [-0.05, 0) is 43.2 Å². The fraction of sp³-hybridized carbons (Fsp3) is 0.190. The first kappa shape index (κ1) is 21.5. The topological polar surface area (TPSA) is 49.4 Å². The maximum atomic E-state index is 13.2. The number of halogens is 2. The van der Waals surface area contributed by atoms with Crippen molar-refractivity contribution >= 4 is 63.5 Å². The van der Waals surface area contributed by atoms with E-state index in [-0.39, 0.29) is 23.3 Å². The van der Waals surface area contributed by atoms with Crippen LogP contribution < -0.4 is 5.32 Å². The molecule has 1 N–H and O–H groups in total. The molecule has 0 aliphatic carbocycles. The molecular formula is C21H18ClFN2O2S2. The van der Waals surface area contributed by atoms with Crippen molar-refractivity contribution in [2.75, 3.05) is 11.9 Å². The molecule has 0 atom stereocenters. The van der Waals surface area contributed by atoms with Gasteiger partial charge >= 0.3 is 0 Å². The van der Waals surface area contributed by atoms with Crippen molar-refractivity contribution in [1.29, 1.82) is 0 Å². The number of hydrogen-bond acceptors (Lipinski definition) is 4. The molecule has 1 heterocycles. The monoisotopic (exact) mass is 448 g/mol. The summed E-state index contributed by atoms with van der Waals surface area (Å²) >= 11 is 12.3. The summed E-state index contributed by atoms with van der Waals surface area (Å²) in [4.78, 5) is 26.8. The second kappa shape index (κ2) is 9.52. The minimum Gasteiger partial charge on any atom is -0.326 e. The smallest absolute Gasteiger partial charge is 0.266 e. The summed E-state index contributed by atoms with van der Waals surface area (Å²) in [5, 5.41) is 2.61. The number of hydrogen-bond donors (Lipinski definition) is 1. The van der Waals surface area contributed by atoms with Gasteiger partial charge in [-0.15, -0.1) is 0 Å². The van der Waals surface area contributed by atoms with Crippen LogP contribution in [0.5, 0.6) is 0 Å². The van der Waals surface area contributed by atoms with Gasteiger partial charge in [0, 0.05) is 18.7 Å². The summed E-state index contributed by atoms with van der Waals surface area (Å²) in [5.41, 5.74) is 2.51. The molecule has 2 aromatic rings. The van der Waals surface area contributed by atoms with Crippen molar-refractivity contribution in [2.45, 2.75) is 19.8 Å². The van der Waals surface area contributed by atoms with Crippen LogP contribution in [0.2, 0.25) is 5.02 Å². The molecule has 29 heavy (non-hydrogen) atoms. The van der Waals surface area contributed by atoms with Crippen LogP contribution in [-0.4, -0.2) is 27.6 Å². The van der Waals surface area contributed by atoms with E-state index in [0.29, 0.717) is 27.9 Å². The van der Waals surface area contributed by atoms with Gasteiger partial charge in [-0.3, -0.25) is 14.5 Å². The van der Waals surface area contributed by atoms with Crippen LogP contribution in [0.4, 0.5) is 10.1 Å². The number of anilines is 1. The fourth-order valence-electron chi connectivity index (χ4n) is 2.70. The van der Waals surface area contributed by atoms with Crippen LogP contribution >= 0.6 is 35.6 Å². The average molecular weight is 449 g/mol. The Morgan fingerprint density at radius 1 is 1.28 bits per heavy atom. The van der Waals surface area contributed by atoms with Crippen molar-refractivity contribution in [1.82, 2.24) is 4.90 Å². The Bertz CT molecular complexity index is 993. The number of nitrogens with one attached hydrogen (secondary N) is 1. The summed E-state index contributed by atoms with van der Waals surface area (Å²) < 4.78 is 13.7. The van der Waals surface area contributed by atoms with E-state index >= 15 is 0 Å². The lowest BCUT2D eigenvalue weighted by Gasteiger charge is -2.14. The highest BCUT2D eigenvalue weighted by molar-refractivity contribution is 8.26. The Hall–Kier alpha value is -2.22. The van der Waals surface area contributed by atoms with Crippen LogP contribution in [0.1, 0.15) is 24.0 Å². The molecular weight excluding hydrogens is 431 g/mol. The quantitative estimate of drug-likeness (QED) is 0.474. The third kappa shape index (κ3) is 5.65. The first-order chi connectivity index (χ1) is 13.8. The van der Waals surface area contributed by atoms with Crippen molar-refractivity contribution in [3.63, 3.8) is 0 Å². The molecule has 4 nitrogen and oxygen atoms in total. The zero-order valence-corrected chi connectivity index (χ0v) is 18.0. The van der Waals surface area contributed by atoms with E-state index in [9.17, 15) is 14.0 Å². The molecule has 8 heteroatoms. The zero-order chi connectivity index (χ0) is 21.0. The number of carbonyl (C=O) groups is 2. The van der Waals surface area contributed by atoms with Crippen LogP contribution in [0, 0.1) is 12.7 Å². The van der Waals surface area contributed by atoms with Gasteiger partial charge in [0.2, 0.25) is 5.91 Å². The van der Waals surface area contributed by atoms with Crippen molar-refractivity contribution in [3.8, 4) is 0 Å². The Balaban J connectivity index is 1.53. The number of carbonyl (C=O) groups excluding carboxylic acids is 2. The predicted octanol–water partition coefficient (Wildman–Crippen LogP) is 5.41. The maximum Gasteiger partial charge on any atom is 0.266 e. The molecule has 2 amide bonds. The molecule has 0 unspecified atom stereocenters. The molecule has 3 rings (SSSR count). The second-order valence-corrected chi connectivity index (χ2v) is 8.61. The van der Waals surface area contributed by atoms with E-state index in [1.807, 2.05) is 37.3 Å². The normalized spacial score (nSPS) is 15.3. The SMILES string of the molecule is Cc1ccc(/C=C2/SC(=S)N(CCCC(=O)Nc3ccc(F)c(Cl)c3)C2=O)cc1. The summed E-state index contributed by atoms with van der Waals surface area (Å²) in [7, 11) is 0. The third-order valence-electron chi connectivity index (χ3n) is 4.24. The number of thioether (sulfide) groups is 1. The molecule has 0 bridgehead atoms. The van der Waals surface area contributed by atoms with Gasteiger partial charge in [-0.1, -0.05) is 65.4 Å². The van der Waals surface area contributed by atoms with Crippen LogP contribution in [0.15, 0.2) is 47.4 Å². The van der Waals surface area contributed by atoms with Crippen molar-refractivity contribution in [3.05, 3.63) is 69.3 Å². The number of nitrogens with zero attached hydrogens (tertiary/aromatic N) is 1. The van der Waals surface area contributed by atoms with Gasteiger partial charge in [-0.2, -0.15) is 0 Å². The van der Waals surface area contributed by atoms with Gasteiger partial charge < -0.3 is 5.32 Å². The largest absolute Gasteiger partial charge is 0.326 e. The summed E-state index contributed by atoms with van der Waals surface area (Å²) in [6, 6.07) is 11.9.